The zero-order chi connectivity index (χ0) is 5.72. The molecule has 0 bridgehead atoms. The smallest absolute Gasteiger partial charge is 0.166 e. The minimum absolute atomic E-state index is 0. The second-order valence-electron chi connectivity index (χ2n) is 1.86. The number of hydrogen-bond donors (Lipinski definition) is 2. The molecule has 2 nitrogen and oxygen atoms in total. The number of rotatable bonds is 0. The van der Waals surface area contributed by atoms with Gasteiger partial charge in [-0.05, 0) is 12.1 Å². The second-order valence-corrected chi connectivity index (χ2v) is 1.86. The number of aromatic hydroxyl groups is 2. The van der Waals surface area contributed by atoms with Crippen LogP contribution < -0.4 is 0 Å². The molecule has 48 valence electrons. The van der Waals surface area contributed by atoms with Crippen LogP contribution in [0.4, 0.5) is 0 Å². The van der Waals surface area contributed by atoms with Crippen LogP contribution in [0.5, 0.6) is 11.5 Å². The molecule has 9 heavy (non-hydrogen) atoms. The fourth-order valence-corrected chi connectivity index (χ4v) is 0.856. The Bertz CT molecular complexity index is 226. The first-order chi connectivity index (χ1) is 3.80. The highest BCUT2D eigenvalue weighted by Gasteiger charge is 2.24. The minimum Gasteiger partial charge on any atom is -0.504 e. The molecule has 0 aromatic carbocycles. The summed E-state index contributed by atoms with van der Waals surface area (Å²) >= 11 is 0. The Morgan fingerprint density at radius 3 is 1.33 bits per heavy atom. The van der Waals surface area contributed by atoms with E-state index in [1.807, 2.05) is 0 Å². The van der Waals surface area contributed by atoms with Gasteiger partial charge in [-0.3, -0.25) is 0 Å². The van der Waals surface area contributed by atoms with Crippen molar-refractivity contribution in [3.63, 3.8) is 0 Å². The van der Waals surface area contributed by atoms with Gasteiger partial charge in [-0.1, -0.05) is 7.43 Å². The van der Waals surface area contributed by atoms with Crippen LogP contribution in [0, 0.1) is 0 Å². The molecule has 0 saturated carbocycles. The predicted octanol–water partition coefficient (Wildman–Crippen LogP) is 1.71. The van der Waals surface area contributed by atoms with E-state index in [0.29, 0.717) is 0 Å². The predicted molar refractivity (Wildman–Crippen MR) is 35.5 cm³/mol. The molecular weight excluding hydrogens is 116 g/mol. The fraction of sp³-hybridized carbons (Fsp3) is 0.143. The summed E-state index contributed by atoms with van der Waals surface area (Å²) in [5, 5.41) is 17.5. The molecule has 0 fully saturated rings. The summed E-state index contributed by atoms with van der Waals surface area (Å²) in [6.07, 6.45) is 0. The average molecular weight is 124 g/mol. The lowest BCUT2D eigenvalue weighted by Crippen LogP contribution is -1.91. The number of hydrogen-bond acceptors (Lipinski definition) is 2. The van der Waals surface area contributed by atoms with E-state index in [-0.39, 0.29) is 18.9 Å². The highest BCUT2D eigenvalue weighted by atomic mass is 16.3. The fourth-order valence-electron chi connectivity index (χ4n) is 0.856. The summed E-state index contributed by atoms with van der Waals surface area (Å²) in [6.45, 7) is 0. The van der Waals surface area contributed by atoms with Crippen molar-refractivity contribution in [3.05, 3.63) is 12.1 Å². The normalized spacial score (nSPS) is 10.2. The molecule has 2 aliphatic rings. The monoisotopic (exact) mass is 124 g/mol. The Morgan fingerprint density at radius 2 is 1.22 bits per heavy atom. The van der Waals surface area contributed by atoms with Gasteiger partial charge >= 0.3 is 0 Å². The van der Waals surface area contributed by atoms with Gasteiger partial charge in [-0.25, -0.2) is 0 Å². The van der Waals surface area contributed by atoms with Gasteiger partial charge in [0.1, 0.15) is 0 Å². The molecule has 0 radical (unpaired) electrons. The maximum Gasteiger partial charge on any atom is 0.166 e. The Hall–Kier alpha value is -1.18. The third-order valence-electron chi connectivity index (χ3n) is 1.44. The summed E-state index contributed by atoms with van der Waals surface area (Å²) in [5.74, 6) is 0.0880. The number of fused-ring (bicyclic) bond motifs is 1. The van der Waals surface area contributed by atoms with Gasteiger partial charge in [0.05, 0.1) is 0 Å². The number of phenols is 2. The maximum absolute atomic E-state index is 8.73. The van der Waals surface area contributed by atoms with Crippen LogP contribution in [0.25, 0.3) is 11.1 Å². The maximum atomic E-state index is 8.73. The Labute approximate surface area is 53.4 Å². The van der Waals surface area contributed by atoms with E-state index in [1.165, 1.54) is 0 Å². The second kappa shape index (κ2) is 1.41. The molecule has 2 rings (SSSR count). The van der Waals surface area contributed by atoms with Crippen molar-refractivity contribution in [1.82, 2.24) is 0 Å². The van der Waals surface area contributed by atoms with Crippen molar-refractivity contribution < 1.29 is 10.2 Å². The van der Waals surface area contributed by atoms with E-state index >= 15 is 0 Å². The zero-order valence-electron chi connectivity index (χ0n) is 4.05. The van der Waals surface area contributed by atoms with Crippen LogP contribution in [0.2, 0.25) is 0 Å². The molecule has 2 aliphatic carbocycles. The largest absolute Gasteiger partial charge is 0.504 e. The van der Waals surface area contributed by atoms with E-state index in [1.54, 1.807) is 12.1 Å². The summed E-state index contributed by atoms with van der Waals surface area (Å²) in [6, 6.07) is 3.54. The summed E-state index contributed by atoms with van der Waals surface area (Å²) in [4.78, 5) is 0. The van der Waals surface area contributed by atoms with Crippen molar-refractivity contribution in [1.29, 1.82) is 0 Å². The van der Waals surface area contributed by atoms with Crippen molar-refractivity contribution >= 4 is 0 Å². The van der Waals surface area contributed by atoms with Gasteiger partial charge in [0, 0.05) is 11.1 Å². The molecule has 0 heterocycles. The van der Waals surface area contributed by atoms with E-state index < -0.39 is 0 Å². The first kappa shape index (κ1) is 5.95. The van der Waals surface area contributed by atoms with Gasteiger partial charge < -0.3 is 10.2 Å². The molecule has 0 unspecified atom stereocenters. The lowest BCUT2D eigenvalue weighted by molar-refractivity contribution is 0.396. The van der Waals surface area contributed by atoms with Crippen LogP contribution in [-0.2, 0) is 0 Å². The van der Waals surface area contributed by atoms with E-state index in [9.17, 15) is 0 Å². The molecule has 0 spiro atoms. The summed E-state index contributed by atoms with van der Waals surface area (Å²) in [7, 11) is 0. The van der Waals surface area contributed by atoms with Crippen molar-refractivity contribution in [2.75, 3.05) is 0 Å². The van der Waals surface area contributed by atoms with E-state index in [4.69, 9.17) is 10.2 Å². The van der Waals surface area contributed by atoms with E-state index in [0.717, 1.165) is 11.1 Å². The quantitative estimate of drug-likeness (QED) is 0.525. The number of benzene rings is 1. The lowest BCUT2D eigenvalue weighted by atomic mass is 9.90. The molecule has 0 aromatic heterocycles. The Kier molecular flexibility index (Phi) is 0.929. The molecule has 2 N–H and O–H groups in total. The first-order valence-corrected chi connectivity index (χ1v) is 2.36. The van der Waals surface area contributed by atoms with Gasteiger partial charge in [0.25, 0.3) is 0 Å². The SMILES string of the molecule is C.Oc1c2ccc-2c1O. The highest BCUT2D eigenvalue weighted by Crippen LogP contribution is 2.53. The van der Waals surface area contributed by atoms with Crippen LogP contribution in [0.15, 0.2) is 12.1 Å². The van der Waals surface area contributed by atoms with E-state index in [2.05, 4.69) is 0 Å². The van der Waals surface area contributed by atoms with Crippen LogP contribution in [0.1, 0.15) is 7.43 Å². The van der Waals surface area contributed by atoms with Crippen molar-refractivity contribution in [2.24, 2.45) is 0 Å². The summed E-state index contributed by atoms with van der Waals surface area (Å²) < 4.78 is 0. The van der Waals surface area contributed by atoms with Crippen molar-refractivity contribution in [2.45, 2.75) is 7.43 Å². The third-order valence-corrected chi connectivity index (χ3v) is 1.44. The van der Waals surface area contributed by atoms with Gasteiger partial charge in [-0.15, -0.1) is 0 Å². The van der Waals surface area contributed by atoms with Gasteiger partial charge in [-0.2, -0.15) is 0 Å². The topological polar surface area (TPSA) is 40.5 Å². The molecule has 0 atom stereocenters. The Morgan fingerprint density at radius 1 is 0.889 bits per heavy atom. The van der Waals surface area contributed by atoms with Crippen LogP contribution in [-0.4, -0.2) is 10.2 Å². The first-order valence-electron chi connectivity index (χ1n) is 2.36. The minimum atomic E-state index is 0. The van der Waals surface area contributed by atoms with Crippen LogP contribution in [0.3, 0.4) is 0 Å². The van der Waals surface area contributed by atoms with Gasteiger partial charge in [0.2, 0.25) is 0 Å². The number of phenolic OH excluding ortho intramolecular Hbond substituents is 2. The van der Waals surface area contributed by atoms with Crippen LogP contribution >= 0.6 is 0 Å². The zero-order valence-corrected chi connectivity index (χ0v) is 4.05. The Balaban J connectivity index is 0.000000405. The van der Waals surface area contributed by atoms with Gasteiger partial charge in [0.15, 0.2) is 11.5 Å². The average Bonchev–Trinajstić information content (AvgIpc) is 1.64. The highest BCUT2D eigenvalue weighted by molar-refractivity contribution is 5.92. The standard InChI is InChI=1S/C6H4O2.CH4/c7-5-3-1-2-4(3)6(5)8;/h1-2,7-8H;1H4. The summed E-state index contributed by atoms with van der Waals surface area (Å²) in [5.41, 5.74) is 1.59. The third kappa shape index (κ3) is 0.403. The molecule has 0 aliphatic heterocycles. The van der Waals surface area contributed by atoms with Crippen molar-refractivity contribution in [3.8, 4) is 22.6 Å². The molecule has 0 aromatic rings. The molecule has 0 saturated heterocycles. The lowest BCUT2D eigenvalue weighted by Gasteiger charge is -2.18. The molecular formula is C7H8O2. The molecule has 2 heteroatoms. The molecule has 0 amide bonds.